The maximum Gasteiger partial charge on any atom is 0.254 e. The molecule has 6 nitrogen and oxygen atoms in total. The van der Waals surface area contributed by atoms with Gasteiger partial charge in [-0.15, -0.1) is 11.8 Å². The van der Waals surface area contributed by atoms with Crippen molar-refractivity contribution in [1.29, 1.82) is 0 Å². The fourth-order valence-corrected chi connectivity index (χ4v) is 6.05. The van der Waals surface area contributed by atoms with Gasteiger partial charge in [-0.05, 0) is 55.3 Å². The highest BCUT2D eigenvalue weighted by Crippen LogP contribution is 2.45. The summed E-state index contributed by atoms with van der Waals surface area (Å²) >= 11 is 5.27. The van der Waals surface area contributed by atoms with E-state index < -0.39 is 0 Å². The molecule has 2 amide bonds. The molecule has 0 bridgehead atoms. The van der Waals surface area contributed by atoms with E-state index in [1.54, 1.807) is 18.2 Å². The number of hydrogen-bond donors (Lipinski definition) is 0. The Morgan fingerprint density at radius 1 is 0.900 bits per heavy atom. The molecule has 2 aromatic carbocycles. The number of carbonyl (C=O) groups excluding carboxylic acids is 2. The summed E-state index contributed by atoms with van der Waals surface area (Å²) in [7, 11) is 0. The molecule has 156 valence electrons. The monoisotopic (exact) mass is 488 g/mol. The number of nitrogens with zero attached hydrogens (tertiary/aromatic N) is 2. The van der Waals surface area contributed by atoms with Crippen LogP contribution in [-0.4, -0.2) is 58.7 Å². The van der Waals surface area contributed by atoms with Gasteiger partial charge in [0.15, 0.2) is 11.5 Å². The lowest BCUT2D eigenvalue weighted by molar-refractivity contribution is 0.0497. The van der Waals surface area contributed by atoms with Crippen LogP contribution in [0.5, 0.6) is 11.5 Å². The van der Waals surface area contributed by atoms with E-state index in [-0.39, 0.29) is 23.5 Å². The molecule has 0 atom stereocenters. The first kappa shape index (κ1) is 19.8. The van der Waals surface area contributed by atoms with E-state index in [9.17, 15) is 9.59 Å². The predicted molar refractivity (Wildman–Crippen MR) is 118 cm³/mol. The number of amides is 2. The quantitative estimate of drug-likeness (QED) is 0.639. The van der Waals surface area contributed by atoms with Crippen LogP contribution in [0.3, 0.4) is 0 Å². The van der Waals surface area contributed by atoms with Crippen molar-refractivity contribution in [2.45, 2.75) is 17.7 Å². The average molecular weight is 489 g/mol. The van der Waals surface area contributed by atoms with Crippen LogP contribution in [0.1, 0.15) is 33.6 Å². The molecule has 30 heavy (non-hydrogen) atoms. The van der Waals surface area contributed by atoms with E-state index >= 15 is 0 Å². The summed E-state index contributed by atoms with van der Waals surface area (Å²) in [6.07, 6.45) is 1.55. The number of likely N-dealkylation sites (tertiary alicyclic amines) is 1. The molecule has 2 fully saturated rings. The number of piperidine rings is 1. The molecule has 5 rings (SSSR count). The van der Waals surface area contributed by atoms with E-state index in [1.165, 1.54) is 0 Å². The van der Waals surface area contributed by atoms with Crippen molar-refractivity contribution in [3.8, 4) is 11.5 Å². The number of hydrogen-bond acceptors (Lipinski definition) is 5. The summed E-state index contributed by atoms with van der Waals surface area (Å²) in [5, 5.41) is 0. The van der Waals surface area contributed by atoms with E-state index in [1.807, 2.05) is 45.8 Å². The van der Waals surface area contributed by atoms with Gasteiger partial charge < -0.3 is 19.3 Å². The average Bonchev–Trinajstić information content (AvgIpc) is 3.40. The number of fused-ring (bicyclic) bond motifs is 1. The van der Waals surface area contributed by atoms with Crippen LogP contribution in [0.15, 0.2) is 46.9 Å². The maximum absolute atomic E-state index is 13.2. The zero-order chi connectivity index (χ0) is 20.7. The Labute approximate surface area is 187 Å². The topological polar surface area (TPSA) is 59.1 Å². The Bertz CT molecular complexity index is 989. The molecule has 0 aromatic heterocycles. The second-order valence-electron chi connectivity index (χ2n) is 7.62. The zero-order valence-corrected chi connectivity index (χ0v) is 18.7. The second-order valence-corrected chi connectivity index (χ2v) is 9.99. The summed E-state index contributed by atoms with van der Waals surface area (Å²) in [6.45, 7) is 2.20. The smallest absolute Gasteiger partial charge is 0.254 e. The minimum absolute atomic E-state index is 0.00284. The van der Waals surface area contributed by atoms with Crippen molar-refractivity contribution in [3.05, 3.63) is 58.1 Å². The van der Waals surface area contributed by atoms with Gasteiger partial charge in [-0.25, -0.2) is 0 Å². The normalized spacial score (nSPS) is 19.4. The van der Waals surface area contributed by atoms with E-state index in [0.29, 0.717) is 35.7 Å². The Morgan fingerprint density at radius 3 is 2.37 bits per heavy atom. The zero-order valence-electron chi connectivity index (χ0n) is 16.3. The predicted octanol–water partition coefficient (Wildman–Crippen LogP) is 4.00. The molecule has 0 unspecified atom stereocenters. The molecular formula is C22H21BrN2O4S. The number of carbonyl (C=O) groups is 2. The molecule has 0 saturated carbocycles. The van der Waals surface area contributed by atoms with Gasteiger partial charge in [0.1, 0.15) is 0 Å². The van der Waals surface area contributed by atoms with Crippen LogP contribution in [-0.2, 0) is 0 Å². The highest BCUT2D eigenvalue weighted by molar-refractivity contribution is 9.10. The minimum atomic E-state index is -0.226. The summed E-state index contributed by atoms with van der Waals surface area (Å²) in [5.41, 5.74) is 1.32. The number of thioether (sulfide) groups is 1. The molecule has 0 radical (unpaired) electrons. The van der Waals surface area contributed by atoms with Crippen LogP contribution in [0.2, 0.25) is 0 Å². The van der Waals surface area contributed by atoms with E-state index in [2.05, 4.69) is 15.9 Å². The third-order valence-corrected chi connectivity index (χ3v) is 8.05. The van der Waals surface area contributed by atoms with Crippen molar-refractivity contribution in [2.24, 2.45) is 0 Å². The number of benzene rings is 2. The van der Waals surface area contributed by atoms with Gasteiger partial charge in [0.05, 0.1) is 4.87 Å². The minimum Gasteiger partial charge on any atom is -0.454 e. The Balaban J connectivity index is 1.28. The maximum atomic E-state index is 13.2. The van der Waals surface area contributed by atoms with Gasteiger partial charge in [0, 0.05) is 41.0 Å². The number of halogens is 1. The van der Waals surface area contributed by atoms with Crippen molar-refractivity contribution < 1.29 is 19.1 Å². The van der Waals surface area contributed by atoms with Gasteiger partial charge in [-0.3, -0.25) is 9.59 Å². The van der Waals surface area contributed by atoms with Crippen LogP contribution in [0.4, 0.5) is 0 Å². The van der Waals surface area contributed by atoms with Gasteiger partial charge >= 0.3 is 0 Å². The lowest BCUT2D eigenvalue weighted by atomic mass is 10.00. The first-order chi connectivity index (χ1) is 14.6. The number of ether oxygens (including phenoxy) is 2. The second kappa shape index (κ2) is 7.81. The van der Waals surface area contributed by atoms with Crippen LogP contribution >= 0.6 is 27.7 Å². The Kier molecular flexibility index (Phi) is 5.14. The van der Waals surface area contributed by atoms with Crippen LogP contribution in [0, 0.1) is 0 Å². The van der Waals surface area contributed by atoms with Crippen LogP contribution in [0.25, 0.3) is 0 Å². The van der Waals surface area contributed by atoms with E-state index in [4.69, 9.17) is 9.47 Å². The molecule has 0 N–H and O–H groups in total. The van der Waals surface area contributed by atoms with Crippen LogP contribution < -0.4 is 9.47 Å². The molecule has 2 saturated heterocycles. The van der Waals surface area contributed by atoms with E-state index in [0.717, 1.165) is 29.6 Å². The molecule has 2 aromatic rings. The molecular weight excluding hydrogens is 468 g/mol. The fourth-order valence-electron chi connectivity index (χ4n) is 4.33. The molecule has 8 heteroatoms. The third kappa shape index (κ3) is 3.46. The molecule has 1 spiro atoms. The SMILES string of the molecule is O=C(c1ccc2c(c1)OCO2)N1CCC2(CC1)SCCN2C(=O)c1ccc(Br)cc1. The summed E-state index contributed by atoms with van der Waals surface area (Å²) < 4.78 is 11.7. The van der Waals surface area contributed by atoms with Gasteiger partial charge in [-0.1, -0.05) is 15.9 Å². The summed E-state index contributed by atoms with van der Waals surface area (Å²) in [5.74, 6) is 2.29. The molecule has 3 heterocycles. The Morgan fingerprint density at radius 2 is 1.60 bits per heavy atom. The lowest BCUT2D eigenvalue weighted by Crippen LogP contribution is -2.53. The van der Waals surface area contributed by atoms with Crippen molar-refractivity contribution in [2.75, 3.05) is 32.2 Å². The summed E-state index contributed by atoms with van der Waals surface area (Å²) in [4.78, 5) is 29.8. The summed E-state index contributed by atoms with van der Waals surface area (Å²) in [6, 6.07) is 12.8. The van der Waals surface area contributed by atoms with Crippen molar-refractivity contribution >= 4 is 39.5 Å². The third-order valence-electron chi connectivity index (χ3n) is 5.97. The molecule has 3 aliphatic rings. The Hall–Kier alpha value is -2.19. The fraction of sp³-hybridized carbons (Fsp3) is 0.364. The van der Waals surface area contributed by atoms with Crippen molar-refractivity contribution in [1.82, 2.24) is 9.80 Å². The highest BCUT2D eigenvalue weighted by Gasteiger charge is 2.47. The molecule has 3 aliphatic heterocycles. The number of rotatable bonds is 2. The van der Waals surface area contributed by atoms with Gasteiger partial charge in [0.2, 0.25) is 6.79 Å². The first-order valence-corrected chi connectivity index (χ1v) is 11.7. The molecule has 0 aliphatic carbocycles. The standard InChI is InChI=1S/C22H21BrN2O4S/c23-17-4-1-15(2-5-17)21(27)25-11-12-30-22(25)7-9-24(10-8-22)20(26)16-3-6-18-19(13-16)29-14-28-18/h1-6,13H,7-12,14H2. The van der Waals surface area contributed by atoms with Crippen molar-refractivity contribution in [3.63, 3.8) is 0 Å². The van der Waals surface area contributed by atoms with Gasteiger partial charge in [0.25, 0.3) is 11.8 Å². The highest BCUT2D eigenvalue weighted by atomic mass is 79.9. The first-order valence-electron chi connectivity index (χ1n) is 9.96. The largest absolute Gasteiger partial charge is 0.454 e. The van der Waals surface area contributed by atoms with Gasteiger partial charge in [-0.2, -0.15) is 0 Å². The lowest BCUT2D eigenvalue weighted by Gasteiger charge is -2.44.